The molecule has 1 fully saturated rings. The molecule has 0 amide bonds. The summed E-state index contributed by atoms with van der Waals surface area (Å²) in [6.45, 7) is 5.26. The van der Waals surface area contributed by atoms with Gasteiger partial charge in [-0.2, -0.15) is 0 Å². The fourth-order valence-electron chi connectivity index (χ4n) is 2.81. The number of carbonyl (C=O) groups is 1. The maximum Gasteiger partial charge on any atom is 0.201 e. The maximum absolute atomic E-state index is 12.4. The molecule has 17 heavy (non-hydrogen) atoms. The zero-order valence-corrected chi connectivity index (χ0v) is 10.9. The summed E-state index contributed by atoms with van der Waals surface area (Å²) < 4.78 is 2.00. The van der Waals surface area contributed by atoms with Gasteiger partial charge in [-0.15, -0.1) is 0 Å². The minimum absolute atomic E-state index is 0.205. The number of ketones is 1. The van der Waals surface area contributed by atoms with Crippen molar-refractivity contribution in [2.45, 2.75) is 52.5 Å². The third-order valence-corrected chi connectivity index (χ3v) is 3.71. The first-order chi connectivity index (χ1) is 8.22. The van der Waals surface area contributed by atoms with Gasteiger partial charge in [0.05, 0.1) is 0 Å². The lowest BCUT2D eigenvalue weighted by molar-refractivity contribution is 0.0852. The van der Waals surface area contributed by atoms with Crippen molar-refractivity contribution in [2.75, 3.05) is 0 Å². The van der Waals surface area contributed by atoms with E-state index in [-0.39, 0.29) is 11.7 Å². The number of nitrogens with zero attached hydrogens (tertiary/aromatic N) is 2. The summed E-state index contributed by atoms with van der Waals surface area (Å²) in [5.74, 6) is 1.82. The molecule has 2 unspecified atom stereocenters. The van der Waals surface area contributed by atoms with Gasteiger partial charge in [0.2, 0.25) is 5.78 Å². The summed E-state index contributed by atoms with van der Waals surface area (Å²) in [5.41, 5.74) is 0. The maximum atomic E-state index is 12.4. The smallest absolute Gasteiger partial charge is 0.201 e. The lowest BCUT2D eigenvalue weighted by atomic mass is 9.80. The zero-order chi connectivity index (χ0) is 12.3. The van der Waals surface area contributed by atoms with Gasteiger partial charge in [-0.25, -0.2) is 4.98 Å². The van der Waals surface area contributed by atoms with Crippen molar-refractivity contribution in [2.24, 2.45) is 11.8 Å². The van der Waals surface area contributed by atoms with Crippen LogP contribution in [-0.4, -0.2) is 15.3 Å². The van der Waals surface area contributed by atoms with Crippen LogP contribution in [0.5, 0.6) is 0 Å². The average molecular weight is 234 g/mol. The molecule has 0 N–H and O–H groups in total. The third-order valence-electron chi connectivity index (χ3n) is 3.71. The van der Waals surface area contributed by atoms with Crippen molar-refractivity contribution in [3.05, 3.63) is 18.2 Å². The van der Waals surface area contributed by atoms with E-state index >= 15 is 0 Å². The van der Waals surface area contributed by atoms with Gasteiger partial charge in [0, 0.05) is 24.9 Å². The minimum atomic E-state index is 0.205. The highest BCUT2D eigenvalue weighted by atomic mass is 16.1. The van der Waals surface area contributed by atoms with Gasteiger partial charge in [-0.3, -0.25) is 4.79 Å². The monoisotopic (exact) mass is 234 g/mol. The first kappa shape index (κ1) is 12.3. The lowest BCUT2D eigenvalue weighted by Crippen LogP contribution is -2.24. The Morgan fingerprint density at radius 1 is 1.53 bits per heavy atom. The molecule has 0 bridgehead atoms. The quantitative estimate of drug-likeness (QED) is 0.749. The van der Waals surface area contributed by atoms with Crippen molar-refractivity contribution in [1.82, 2.24) is 9.55 Å². The van der Waals surface area contributed by atoms with Crippen LogP contribution in [0.3, 0.4) is 0 Å². The molecule has 1 aromatic heterocycles. The van der Waals surface area contributed by atoms with Gasteiger partial charge < -0.3 is 4.57 Å². The Morgan fingerprint density at radius 3 is 3.06 bits per heavy atom. The predicted octanol–water partition coefficient (Wildman–Crippen LogP) is 3.30. The van der Waals surface area contributed by atoms with Crippen molar-refractivity contribution in [1.29, 1.82) is 0 Å². The predicted molar refractivity (Wildman–Crippen MR) is 68.0 cm³/mol. The topological polar surface area (TPSA) is 34.9 Å². The molecular formula is C14H22N2O. The largest absolute Gasteiger partial charge is 0.329 e. The van der Waals surface area contributed by atoms with Gasteiger partial charge in [-0.1, -0.05) is 26.7 Å². The van der Waals surface area contributed by atoms with Crippen molar-refractivity contribution in [3.8, 4) is 0 Å². The summed E-state index contributed by atoms with van der Waals surface area (Å²) in [6.07, 6.45) is 9.25. The van der Waals surface area contributed by atoms with Crippen LogP contribution in [0.2, 0.25) is 0 Å². The molecular weight excluding hydrogens is 212 g/mol. The van der Waals surface area contributed by atoms with Gasteiger partial charge in [-0.05, 0) is 25.2 Å². The van der Waals surface area contributed by atoms with E-state index in [1.54, 1.807) is 6.20 Å². The van der Waals surface area contributed by atoms with Crippen LogP contribution in [0.25, 0.3) is 0 Å². The molecule has 3 heteroatoms. The van der Waals surface area contributed by atoms with Crippen LogP contribution in [0.1, 0.15) is 56.6 Å². The molecule has 1 saturated carbocycles. The Bertz CT molecular complexity index is 383. The second kappa shape index (κ2) is 5.48. The number of Topliss-reactive ketones (excluding diaryl/α,β-unsaturated/α-hetero) is 1. The Hall–Kier alpha value is -1.12. The normalized spacial score (nSPS) is 24.8. The number of hydrogen-bond donors (Lipinski definition) is 0. The molecule has 0 radical (unpaired) electrons. The molecule has 3 nitrogen and oxygen atoms in total. The first-order valence-electron chi connectivity index (χ1n) is 6.77. The summed E-state index contributed by atoms with van der Waals surface area (Å²) in [5, 5.41) is 0. The molecule has 0 saturated heterocycles. The molecule has 1 aliphatic rings. The highest BCUT2D eigenvalue weighted by molar-refractivity contribution is 5.94. The fourth-order valence-corrected chi connectivity index (χ4v) is 2.81. The molecule has 94 valence electrons. The summed E-state index contributed by atoms with van der Waals surface area (Å²) in [4.78, 5) is 16.7. The molecule has 1 aliphatic carbocycles. The second-order valence-electron chi connectivity index (χ2n) is 5.28. The average Bonchev–Trinajstić information content (AvgIpc) is 2.77. The molecule has 1 heterocycles. The van der Waals surface area contributed by atoms with E-state index in [0.29, 0.717) is 11.7 Å². The number of aryl methyl sites for hydroxylation is 1. The summed E-state index contributed by atoms with van der Waals surface area (Å²) in [7, 11) is 0. The summed E-state index contributed by atoms with van der Waals surface area (Å²) >= 11 is 0. The van der Waals surface area contributed by atoms with Gasteiger partial charge in [0.15, 0.2) is 5.82 Å². The molecule has 2 rings (SSSR count). The van der Waals surface area contributed by atoms with E-state index in [2.05, 4.69) is 18.8 Å². The van der Waals surface area contributed by atoms with Gasteiger partial charge in [0.25, 0.3) is 0 Å². The highest BCUT2D eigenvalue weighted by Crippen LogP contribution is 2.30. The van der Waals surface area contributed by atoms with Gasteiger partial charge in [0.1, 0.15) is 0 Å². The van der Waals surface area contributed by atoms with Crippen LogP contribution in [-0.2, 0) is 6.54 Å². The van der Waals surface area contributed by atoms with E-state index in [4.69, 9.17) is 0 Å². The van der Waals surface area contributed by atoms with Crippen LogP contribution >= 0.6 is 0 Å². The van der Waals surface area contributed by atoms with Crippen LogP contribution in [0.15, 0.2) is 12.4 Å². The Balaban J connectivity index is 2.10. The number of carbonyl (C=O) groups excluding carboxylic acids is 1. The number of hydrogen-bond acceptors (Lipinski definition) is 2. The van der Waals surface area contributed by atoms with Crippen LogP contribution in [0, 0.1) is 11.8 Å². The van der Waals surface area contributed by atoms with Crippen LogP contribution in [0.4, 0.5) is 0 Å². The van der Waals surface area contributed by atoms with E-state index < -0.39 is 0 Å². The van der Waals surface area contributed by atoms with E-state index in [1.807, 2.05) is 10.8 Å². The number of imidazole rings is 1. The van der Waals surface area contributed by atoms with E-state index in [0.717, 1.165) is 25.8 Å². The first-order valence-corrected chi connectivity index (χ1v) is 6.77. The molecule has 2 atom stereocenters. The van der Waals surface area contributed by atoms with E-state index in [1.165, 1.54) is 12.8 Å². The van der Waals surface area contributed by atoms with Crippen molar-refractivity contribution >= 4 is 5.78 Å². The van der Waals surface area contributed by atoms with Crippen LogP contribution < -0.4 is 0 Å². The molecule has 1 aromatic rings. The highest BCUT2D eigenvalue weighted by Gasteiger charge is 2.28. The fraction of sp³-hybridized carbons (Fsp3) is 0.714. The Kier molecular flexibility index (Phi) is 3.97. The number of rotatable bonds is 4. The minimum Gasteiger partial charge on any atom is -0.329 e. The molecule has 0 aromatic carbocycles. The second-order valence-corrected chi connectivity index (χ2v) is 5.28. The SMILES string of the molecule is CCCn1ccnc1C(=O)C1CCCC(C)C1. The van der Waals surface area contributed by atoms with Gasteiger partial charge >= 0.3 is 0 Å². The Labute approximate surface area is 103 Å². The lowest BCUT2D eigenvalue weighted by Gasteiger charge is -2.25. The van der Waals surface area contributed by atoms with Crippen molar-refractivity contribution in [3.63, 3.8) is 0 Å². The molecule has 0 aliphatic heterocycles. The zero-order valence-electron chi connectivity index (χ0n) is 10.9. The third kappa shape index (κ3) is 2.76. The van der Waals surface area contributed by atoms with Crippen molar-refractivity contribution < 1.29 is 4.79 Å². The van der Waals surface area contributed by atoms with E-state index in [9.17, 15) is 4.79 Å². The number of aromatic nitrogens is 2. The molecule has 0 spiro atoms. The standard InChI is InChI=1S/C14H22N2O/c1-3-8-16-9-7-15-14(16)13(17)12-6-4-5-11(2)10-12/h7,9,11-12H,3-6,8,10H2,1-2H3. The Morgan fingerprint density at radius 2 is 2.35 bits per heavy atom. The summed E-state index contributed by atoms with van der Waals surface area (Å²) in [6, 6.07) is 0.